The van der Waals surface area contributed by atoms with Gasteiger partial charge >= 0.3 is 5.69 Å². The standard InChI is InChI=1S/C19H24N3O2/c1-15-6-5-7-17(14-15)21-12-10-16(11-13-21)20-18-8-3-4-9-19(18)22(23)24-2/h3-9,14,16,20H,10-13H2,1-2H3/q+1. The molecule has 126 valence electrons. The summed E-state index contributed by atoms with van der Waals surface area (Å²) in [5.41, 5.74) is 3.92. The largest absolute Gasteiger partial charge is 0.376 e. The molecule has 0 radical (unpaired) electrons. The Kier molecular flexibility index (Phi) is 4.99. The van der Waals surface area contributed by atoms with Crippen LogP contribution < -0.4 is 10.2 Å². The number of anilines is 2. The third kappa shape index (κ3) is 3.67. The maximum absolute atomic E-state index is 11.8. The zero-order valence-electron chi connectivity index (χ0n) is 14.2. The van der Waals surface area contributed by atoms with Crippen LogP contribution in [0.25, 0.3) is 0 Å². The molecule has 1 N–H and O–H groups in total. The van der Waals surface area contributed by atoms with Gasteiger partial charge in [0.2, 0.25) is 0 Å². The zero-order chi connectivity index (χ0) is 16.9. The Hall–Kier alpha value is -2.56. The third-order valence-corrected chi connectivity index (χ3v) is 4.49. The van der Waals surface area contributed by atoms with Gasteiger partial charge in [0.15, 0.2) is 7.11 Å². The minimum atomic E-state index is 0.359. The summed E-state index contributed by atoms with van der Waals surface area (Å²) in [6.07, 6.45) is 2.07. The van der Waals surface area contributed by atoms with Gasteiger partial charge < -0.3 is 10.2 Å². The van der Waals surface area contributed by atoms with Gasteiger partial charge in [-0.05, 0) is 43.5 Å². The number of para-hydroxylation sites is 2. The van der Waals surface area contributed by atoms with Crippen molar-refractivity contribution in [2.24, 2.45) is 0 Å². The first-order valence-corrected chi connectivity index (χ1v) is 8.36. The summed E-state index contributed by atoms with van der Waals surface area (Å²) in [6.45, 7) is 4.14. The molecule has 0 amide bonds. The molecule has 5 nitrogen and oxygen atoms in total. The van der Waals surface area contributed by atoms with E-state index >= 15 is 0 Å². The first-order chi connectivity index (χ1) is 11.7. The van der Waals surface area contributed by atoms with Crippen LogP contribution in [0.1, 0.15) is 18.4 Å². The van der Waals surface area contributed by atoms with Gasteiger partial charge in [-0.25, -0.2) is 4.84 Å². The average Bonchev–Trinajstić information content (AvgIpc) is 2.62. The summed E-state index contributed by atoms with van der Waals surface area (Å²) < 4.78 is 0. The molecule has 1 heterocycles. The van der Waals surface area contributed by atoms with Crippen LogP contribution in [0, 0.1) is 11.8 Å². The van der Waals surface area contributed by atoms with Crippen LogP contribution in [0.4, 0.5) is 17.1 Å². The Balaban J connectivity index is 1.63. The van der Waals surface area contributed by atoms with Gasteiger partial charge in [0, 0.05) is 30.9 Å². The number of rotatable bonds is 5. The lowest BCUT2D eigenvalue weighted by molar-refractivity contribution is -0.736. The predicted octanol–water partition coefficient (Wildman–Crippen LogP) is 4.05. The van der Waals surface area contributed by atoms with E-state index in [1.165, 1.54) is 18.4 Å². The van der Waals surface area contributed by atoms with E-state index in [-0.39, 0.29) is 0 Å². The Morgan fingerprint density at radius 2 is 1.88 bits per heavy atom. The molecule has 1 aliphatic heterocycles. The fourth-order valence-corrected chi connectivity index (χ4v) is 3.18. The number of aryl methyl sites for hydroxylation is 1. The van der Waals surface area contributed by atoms with Crippen LogP contribution in [-0.2, 0) is 4.84 Å². The van der Waals surface area contributed by atoms with Gasteiger partial charge in [0.1, 0.15) is 5.69 Å². The molecule has 1 aliphatic rings. The van der Waals surface area contributed by atoms with Gasteiger partial charge in [0.05, 0.1) is 4.91 Å². The molecule has 2 aromatic carbocycles. The fourth-order valence-electron chi connectivity index (χ4n) is 3.18. The molecule has 3 rings (SSSR count). The second-order valence-electron chi connectivity index (χ2n) is 6.20. The van der Waals surface area contributed by atoms with Crippen molar-refractivity contribution in [2.45, 2.75) is 25.8 Å². The molecular weight excluding hydrogens is 302 g/mol. The maximum Gasteiger partial charge on any atom is 0.339 e. The second kappa shape index (κ2) is 7.34. The lowest BCUT2D eigenvalue weighted by Crippen LogP contribution is -2.39. The Labute approximate surface area is 142 Å². The smallest absolute Gasteiger partial charge is 0.339 e. The number of benzene rings is 2. The van der Waals surface area contributed by atoms with Gasteiger partial charge in [-0.3, -0.25) is 0 Å². The average molecular weight is 326 g/mol. The van der Waals surface area contributed by atoms with Crippen molar-refractivity contribution < 1.29 is 9.76 Å². The normalized spacial score (nSPS) is 15.2. The Morgan fingerprint density at radius 1 is 1.12 bits per heavy atom. The molecule has 0 bridgehead atoms. The van der Waals surface area contributed by atoms with Crippen LogP contribution in [-0.4, -0.2) is 31.2 Å². The number of hydrogen-bond donors (Lipinski definition) is 1. The third-order valence-electron chi connectivity index (χ3n) is 4.49. The van der Waals surface area contributed by atoms with E-state index in [1.807, 2.05) is 18.2 Å². The predicted molar refractivity (Wildman–Crippen MR) is 96.8 cm³/mol. The summed E-state index contributed by atoms with van der Waals surface area (Å²) in [7, 11) is 1.38. The lowest BCUT2D eigenvalue weighted by Gasteiger charge is -2.34. The van der Waals surface area contributed by atoms with E-state index in [4.69, 9.17) is 4.84 Å². The van der Waals surface area contributed by atoms with E-state index < -0.39 is 0 Å². The molecule has 5 heteroatoms. The van der Waals surface area contributed by atoms with Crippen LogP contribution >= 0.6 is 0 Å². The van der Waals surface area contributed by atoms with Gasteiger partial charge in [-0.15, -0.1) is 0 Å². The lowest BCUT2D eigenvalue weighted by atomic mass is 10.0. The molecule has 0 unspecified atom stereocenters. The molecule has 0 atom stereocenters. The van der Waals surface area contributed by atoms with E-state index in [0.29, 0.717) is 16.7 Å². The number of hydrogen-bond acceptors (Lipinski definition) is 4. The molecule has 0 saturated carbocycles. The van der Waals surface area contributed by atoms with Crippen LogP contribution in [0.5, 0.6) is 0 Å². The van der Waals surface area contributed by atoms with Crippen molar-refractivity contribution in [3.63, 3.8) is 0 Å². The van der Waals surface area contributed by atoms with E-state index in [2.05, 4.69) is 41.4 Å². The van der Waals surface area contributed by atoms with Crippen LogP contribution in [0.15, 0.2) is 48.5 Å². The highest BCUT2D eigenvalue weighted by molar-refractivity contribution is 5.61. The van der Waals surface area contributed by atoms with Crippen molar-refractivity contribution in [3.8, 4) is 0 Å². The summed E-state index contributed by atoms with van der Waals surface area (Å²) in [6, 6.07) is 16.4. The maximum atomic E-state index is 11.8. The molecule has 0 aliphatic carbocycles. The summed E-state index contributed by atoms with van der Waals surface area (Å²) >= 11 is 0. The molecule has 1 fully saturated rings. The minimum absolute atomic E-state index is 0.359. The monoisotopic (exact) mass is 326 g/mol. The molecule has 0 spiro atoms. The van der Waals surface area contributed by atoms with E-state index in [1.54, 1.807) is 6.07 Å². The van der Waals surface area contributed by atoms with Crippen molar-refractivity contribution in [3.05, 3.63) is 59.0 Å². The topological polar surface area (TPSA) is 44.6 Å². The highest BCUT2D eigenvalue weighted by atomic mass is 16.8. The molecule has 2 aromatic rings. The van der Waals surface area contributed by atoms with Gasteiger partial charge in [-0.1, -0.05) is 24.3 Å². The first-order valence-electron chi connectivity index (χ1n) is 8.36. The SMILES string of the molecule is CO[N+](=O)c1ccccc1NC1CCN(c2cccc(C)c2)CC1. The fraction of sp³-hybridized carbons (Fsp3) is 0.368. The number of nitrogens with zero attached hydrogens (tertiary/aromatic N) is 2. The Bertz CT molecular complexity index is 709. The van der Waals surface area contributed by atoms with Crippen molar-refractivity contribution in [2.75, 3.05) is 30.4 Å². The van der Waals surface area contributed by atoms with E-state index in [0.717, 1.165) is 31.6 Å². The highest BCUT2D eigenvalue weighted by Crippen LogP contribution is 2.28. The molecule has 24 heavy (non-hydrogen) atoms. The van der Waals surface area contributed by atoms with Crippen molar-refractivity contribution in [1.29, 1.82) is 0 Å². The van der Waals surface area contributed by atoms with Gasteiger partial charge in [-0.2, -0.15) is 0 Å². The summed E-state index contributed by atoms with van der Waals surface area (Å²) in [5.74, 6) is 0. The minimum Gasteiger partial charge on any atom is -0.376 e. The van der Waals surface area contributed by atoms with E-state index in [9.17, 15) is 4.91 Å². The first kappa shape index (κ1) is 16.3. The van der Waals surface area contributed by atoms with Crippen molar-refractivity contribution in [1.82, 2.24) is 0 Å². The summed E-state index contributed by atoms with van der Waals surface area (Å²) in [5, 5.41) is 3.50. The number of nitrogens with one attached hydrogen (secondary N) is 1. The molecular formula is C19H24N3O2+. The van der Waals surface area contributed by atoms with Gasteiger partial charge in [0.25, 0.3) is 4.92 Å². The highest BCUT2D eigenvalue weighted by Gasteiger charge is 2.24. The van der Waals surface area contributed by atoms with Crippen LogP contribution in [0.3, 0.4) is 0 Å². The number of piperidine rings is 1. The second-order valence-corrected chi connectivity index (χ2v) is 6.20. The van der Waals surface area contributed by atoms with Crippen LogP contribution in [0.2, 0.25) is 0 Å². The zero-order valence-corrected chi connectivity index (χ0v) is 14.2. The quantitative estimate of drug-likeness (QED) is 0.842. The van der Waals surface area contributed by atoms with Crippen molar-refractivity contribution >= 4 is 17.1 Å². The molecule has 0 aromatic heterocycles. The summed E-state index contributed by atoms with van der Waals surface area (Å²) in [4.78, 5) is 19.5. The molecule has 1 saturated heterocycles. The Morgan fingerprint density at radius 3 is 2.58 bits per heavy atom.